The molecule has 9 nitrogen and oxygen atoms in total. The van der Waals surface area contributed by atoms with Gasteiger partial charge in [-0.25, -0.2) is 4.79 Å². The molecule has 1 aromatic carbocycles. The van der Waals surface area contributed by atoms with Crippen LogP contribution in [0.25, 0.3) is 0 Å². The van der Waals surface area contributed by atoms with Crippen molar-refractivity contribution >= 4 is 17.5 Å². The molecule has 0 aromatic heterocycles. The third-order valence-electron chi connectivity index (χ3n) is 4.05. The minimum Gasteiger partial charge on any atom is -0.494 e. The first-order valence-corrected chi connectivity index (χ1v) is 7.69. The van der Waals surface area contributed by atoms with E-state index in [1.54, 1.807) is 13.1 Å². The van der Waals surface area contributed by atoms with E-state index in [0.29, 0.717) is 24.5 Å². The highest BCUT2D eigenvalue weighted by Crippen LogP contribution is 2.36. The number of hydrogen-bond donors (Lipinski definition) is 3. The number of amides is 1. The smallest absolute Gasteiger partial charge is 0.404 e. The molecule has 1 heterocycles. The second-order valence-electron chi connectivity index (χ2n) is 5.72. The predicted octanol–water partition coefficient (Wildman–Crippen LogP) is 1.88. The first kappa shape index (κ1) is 17.8. The highest BCUT2D eigenvalue weighted by Gasteiger charge is 2.24. The molecule has 132 valence electrons. The van der Waals surface area contributed by atoms with Gasteiger partial charge in [-0.3, -0.25) is 15.0 Å². The van der Waals surface area contributed by atoms with Crippen LogP contribution in [0.2, 0.25) is 0 Å². The largest absolute Gasteiger partial charge is 0.494 e. The average Bonchev–Trinajstić information content (AvgIpc) is 2.53. The van der Waals surface area contributed by atoms with E-state index in [4.69, 9.17) is 9.84 Å². The van der Waals surface area contributed by atoms with Crippen LogP contribution in [0.1, 0.15) is 18.4 Å². The van der Waals surface area contributed by atoms with Crippen LogP contribution in [0.15, 0.2) is 12.1 Å². The molecule has 0 spiro atoms. The molecule has 1 saturated heterocycles. The number of ether oxygens (including phenoxy) is 1. The summed E-state index contributed by atoms with van der Waals surface area (Å²) in [6, 6.07) is 3.18. The Morgan fingerprint density at radius 2 is 2.29 bits per heavy atom. The number of nitro groups is 1. The van der Waals surface area contributed by atoms with Gasteiger partial charge in [0.1, 0.15) is 5.75 Å². The maximum atomic E-state index is 11.3. The normalized spacial score (nSPS) is 18.0. The summed E-state index contributed by atoms with van der Waals surface area (Å²) in [7, 11) is 3.08. The lowest BCUT2D eigenvalue weighted by atomic mass is 10.0. The number of hydrogen-bond acceptors (Lipinski definition) is 6. The van der Waals surface area contributed by atoms with E-state index in [1.165, 1.54) is 13.2 Å². The molecular weight excluding hydrogens is 316 g/mol. The van der Waals surface area contributed by atoms with E-state index in [0.717, 1.165) is 24.9 Å². The van der Waals surface area contributed by atoms with Crippen molar-refractivity contribution in [1.82, 2.24) is 10.2 Å². The summed E-state index contributed by atoms with van der Waals surface area (Å²) < 4.78 is 5.26. The molecule has 1 fully saturated rings. The molecule has 1 amide bonds. The van der Waals surface area contributed by atoms with Crippen molar-refractivity contribution in [1.29, 1.82) is 0 Å². The van der Waals surface area contributed by atoms with Gasteiger partial charge >= 0.3 is 6.09 Å². The van der Waals surface area contributed by atoms with Gasteiger partial charge in [-0.15, -0.1) is 0 Å². The summed E-state index contributed by atoms with van der Waals surface area (Å²) in [5.41, 5.74) is 1.06. The van der Waals surface area contributed by atoms with Gasteiger partial charge in [-0.05, 0) is 31.0 Å². The van der Waals surface area contributed by atoms with Gasteiger partial charge in [0, 0.05) is 32.2 Å². The molecule has 1 aliphatic heterocycles. The van der Waals surface area contributed by atoms with Crippen molar-refractivity contribution < 1.29 is 19.6 Å². The van der Waals surface area contributed by atoms with Gasteiger partial charge in [0.25, 0.3) is 5.69 Å². The van der Waals surface area contributed by atoms with E-state index in [2.05, 4.69) is 15.5 Å². The third-order valence-corrected chi connectivity index (χ3v) is 4.05. The van der Waals surface area contributed by atoms with Crippen LogP contribution in [0, 0.1) is 10.1 Å². The Morgan fingerprint density at radius 3 is 2.88 bits per heavy atom. The average molecular weight is 338 g/mol. The fourth-order valence-electron chi connectivity index (χ4n) is 3.05. The molecule has 1 atom stereocenters. The molecule has 24 heavy (non-hydrogen) atoms. The second-order valence-corrected chi connectivity index (χ2v) is 5.72. The van der Waals surface area contributed by atoms with E-state index in [1.807, 2.05) is 0 Å². The summed E-state index contributed by atoms with van der Waals surface area (Å²) in [6.07, 6.45) is 0.640. The molecule has 1 aliphatic rings. The van der Waals surface area contributed by atoms with Gasteiger partial charge in [0.15, 0.2) is 5.69 Å². The van der Waals surface area contributed by atoms with Gasteiger partial charge < -0.3 is 20.5 Å². The molecule has 0 radical (unpaired) electrons. The van der Waals surface area contributed by atoms with Crippen LogP contribution in [-0.2, 0) is 6.54 Å². The highest BCUT2D eigenvalue weighted by atomic mass is 16.6. The van der Waals surface area contributed by atoms with E-state index in [-0.39, 0.29) is 11.7 Å². The van der Waals surface area contributed by atoms with Crippen LogP contribution in [-0.4, -0.2) is 54.3 Å². The number of piperidine rings is 1. The summed E-state index contributed by atoms with van der Waals surface area (Å²) in [6.45, 7) is 1.90. The number of rotatable bonds is 6. The minimum absolute atomic E-state index is 0.0379. The summed E-state index contributed by atoms with van der Waals surface area (Å²) in [4.78, 5) is 23.7. The standard InChI is InChI=1S/C15H22N4O5/c1-16-14-12(19(22)23)6-10(7-13(14)24-2)8-18-5-3-4-11(9-18)17-15(20)21/h6-7,11,16-17H,3-5,8-9H2,1-2H3,(H,20,21)/t11-/m1/s1. The molecular formula is C15H22N4O5. The molecule has 9 heteroatoms. The quantitative estimate of drug-likeness (QED) is 0.535. The summed E-state index contributed by atoms with van der Waals surface area (Å²) in [5, 5.41) is 25.4. The van der Waals surface area contributed by atoms with Crippen molar-refractivity contribution in [3.05, 3.63) is 27.8 Å². The van der Waals surface area contributed by atoms with Gasteiger partial charge in [0.2, 0.25) is 0 Å². The minimum atomic E-state index is -1.03. The number of carboxylic acid groups (broad SMARTS) is 1. The van der Waals surface area contributed by atoms with Crippen molar-refractivity contribution in [3.8, 4) is 5.75 Å². The topological polar surface area (TPSA) is 117 Å². The fourth-order valence-corrected chi connectivity index (χ4v) is 3.05. The monoisotopic (exact) mass is 338 g/mol. The van der Waals surface area contributed by atoms with Crippen LogP contribution in [0.3, 0.4) is 0 Å². The summed E-state index contributed by atoms with van der Waals surface area (Å²) in [5.74, 6) is 0.416. The molecule has 0 unspecified atom stereocenters. The first-order chi connectivity index (χ1) is 11.4. The number of benzene rings is 1. The highest BCUT2D eigenvalue weighted by molar-refractivity contribution is 5.71. The Hall–Kier alpha value is -2.55. The fraction of sp³-hybridized carbons (Fsp3) is 0.533. The summed E-state index contributed by atoms with van der Waals surface area (Å²) >= 11 is 0. The predicted molar refractivity (Wildman–Crippen MR) is 88.7 cm³/mol. The Morgan fingerprint density at radius 1 is 1.54 bits per heavy atom. The Labute approximate surface area is 139 Å². The number of likely N-dealkylation sites (tertiary alicyclic amines) is 1. The van der Waals surface area contributed by atoms with Gasteiger partial charge in [-0.2, -0.15) is 0 Å². The second kappa shape index (κ2) is 7.82. The van der Waals surface area contributed by atoms with Gasteiger partial charge in [0.05, 0.1) is 12.0 Å². The van der Waals surface area contributed by atoms with E-state index in [9.17, 15) is 14.9 Å². The zero-order valence-electron chi connectivity index (χ0n) is 13.7. The first-order valence-electron chi connectivity index (χ1n) is 7.69. The lowest BCUT2D eigenvalue weighted by Gasteiger charge is -2.32. The number of nitrogens with zero attached hydrogens (tertiary/aromatic N) is 2. The molecule has 1 aromatic rings. The molecule has 2 rings (SSSR count). The lowest BCUT2D eigenvalue weighted by molar-refractivity contribution is -0.384. The number of methoxy groups -OCH3 is 1. The van der Waals surface area contributed by atoms with Crippen LogP contribution >= 0.6 is 0 Å². The zero-order valence-corrected chi connectivity index (χ0v) is 13.7. The van der Waals surface area contributed by atoms with Crippen molar-refractivity contribution in [3.63, 3.8) is 0 Å². The number of nitro benzene ring substituents is 1. The number of carbonyl (C=O) groups is 1. The number of anilines is 1. The Bertz CT molecular complexity index is 622. The number of nitrogens with one attached hydrogen (secondary N) is 2. The van der Waals surface area contributed by atoms with E-state index < -0.39 is 11.0 Å². The van der Waals surface area contributed by atoms with Crippen molar-refractivity contribution in [2.75, 3.05) is 32.6 Å². The third kappa shape index (κ3) is 4.25. The SMILES string of the molecule is CNc1c(OC)cc(CN2CCC[C@@H](NC(=O)O)C2)cc1[N+](=O)[O-]. The van der Waals surface area contributed by atoms with Crippen molar-refractivity contribution in [2.24, 2.45) is 0 Å². The van der Waals surface area contributed by atoms with Crippen LogP contribution in [0.5, 0.6) is 5.75 Å². The molecule has 3 N–H and O–H groups in total. The molecule has 0 saturated carbocycles. The van der Waals surface area contributed by atoms with Crippen LogP contribution < -0.4 is 15.4 Å². The van der Waals surface area contributed by atoms with E-state index >= 15 is 0 Å². The Kier molecular flexibility index (Phi) is 5.80. The molecule has 0 bridgehead atoms. The molecule has 0 aliphatic carbocycles. The Balaban J connectivity index is 2.18. The lowest BCUT2D eigenvalue weighted by Crippen LogP contribution is -2.46. The van der Waals surface area contributed by atoms with Crippen LogP contribution in [0.4, 0.5) is 16.2 Å². The maximum Gasteiger partial charge on any atom is 0.404 e. The maximum absolute atomic E-state index is 11.3. The zero-order chi connectivity index (χ0) is 17.7. The van der Waals surface area contributed by atoms with Crippen molar-refractivity contribution in [2.45, 2.75) is 25.4 Å². The van der Waals surface area contributed by atoms with Gasteiger partial charge in [-0.1, -0.05) is 0 Å².